The fourth-order valence-electron chi connectivity index (χ4n) is 0.858. The van der Waals surface area contributed by atoms with E-state index < -0.39 is 0 Å². The highest BCUT2D eigenvalue weighted by Gasteiger charge is 2.09. The van der Waals surface area contributed by atoms with Crippen LogP contribution in [0.1, 0.15) is 13.3 Å². The molecule has 13 heavy (non-hydrogen) atoms. The molecule has 0 rings (SSSR count). The Morgan fingerprint density at radius 2 is 2.15 bits per heavy atom. The molecule has 0 aliphatic rings. The lowest BCUT2D eigenvalue weighted by Crippen LogP contribution is -2.35. The van der Waals surface area contributed by atoms with E-state index in [0.717, 1.165) is 13.0 Å². The van der Waals surface area contributed by atoms with Crippen molar-refractivity contribution >= 4 is 5.91 Å². The highest BCUT2D eigenvalue weighted by molar-refractivity contribution is 5.80. The summed E-state index contributed by atoms with van der Waals surface area (Å²) < 4.78 is 4.87. The molecule has 0 fully saturated rings. The van der Waals surface area contributed by atoms with Crippen LogP contribution in [0, 0.1) is 0 Å². The van der Waals surface area contributed by atoms with Crippen LogP contribution in [0.25, 0.3) is 0 Å². The molecule has 0 aliphatic heterocycles. The first-order chi connectivity index (χ1) is 6.07. The fraction of sp³-hybridized carbons (Fsp3) is 0.889. The van der Waals surface area contributed by atoms with Gasteiger partial charge in [-0.3, -0.25) is 4.79 Å². The topological polar surface area (TPSA) is 41.6 Å². The van der Waals surface area contributed by atoms with Crippen LogP contribution in [0.2, 0.25) is 0 Å². The third-order valence-electron chi connectivity index (χ3n) is 1.80. The minimum absolute atomic E-state index is 0.0405. The summed E-state index contributed by atoms with van der Waals surface area (Å²) in [5.41, 5.74) is 0. The van der Waals surface area contributed by atoms with Crippen molar-refractivity contribution < 1.29 is 9.53 Å². The molecule has 78 valence electrons. The predicted octanol–water partition coefficient (Wildman–Crippen LogP) is 0.0892. The van der Waals surface area contributed by atoms with Crippen molar-refractivity contribution in [3.63, 3.8) is 0 Å². The summed E-state index contributed by atoms with van der Waals surface area (Å²) in [7, 11) is 5.56. The molecule has 0 aliphatic carbocycles. The number of methoxy groups -OCH3 is 1. The summed E-state index contributed by atoms with van der Waals surface area (Å²) >= 11 is 0. The van der Waals surface area contributed by atoms with E-state index in [0.29, 0.717) is 6.54 Å². The molecule has 0 aromatic carbocycles. The zero-order valence-electron chi connectivity index (χ0n) is 8.96. The van der Waals surface area contributed by atoms with Gasteiger partial charge in [-0.2, -0.15) is 0 Å². The van der Waals surface area contributed by atoms with Crippen molar-refractivity contribution in [3.05, 3.63) is 0 Å². The van der Waals surface area contributed by atoms with Gasteiger partial charge in [-0.1, -0.05) is 0 Å². The van der Waals surface area contributed by atoms with Gasteiger partial charge in [0.1, 0.15) is 6.10 Å². The van der Waals surface area contributed by atoms with Crippen LogP contribution < -0.4 is 5.32 Å². The number of amides is 1. The number of nitrogens with zero attached hydrogens (tertiary/aromatic N) is 1. The van der Waals surface area contributed by atoms with E-state index in [1.54, 1.807) is 6.92 Å². The lowest BCUT2D eigenvalue weighted by Gasteiger charge is -2.12. The Morgan fingerprint density at radius 1 is 1.54 bits per heavy atom. The molecule has 0 spiro atoms. The second-order valence-corrected chi connectivity index (χ2v) is 3.33. The van der Waals surface area contributed by atoms with Gasteiger partial charge in [0, 0.05) is 13.7 Å². The maximum Gasteiger partial charge on any atom is 0.248 e. The summed E-state index contributed by atoms with van der Waals surface area (Å²) in [5.74, 6) is -0.0405. The number of rotatable bonds is 6. The van der Waals surface area contributed by atoms with E-state index in [2.05, 4.69) is 10.2 Å². The third kappa shape index (κ3) is 6.54. The monoisotopic (exact) mass is 188 g/mol. The molecule has 1 N–H and O–H groups in total. The highest BCUT2D eigenvalue weighted by atomic mass is 16.5. The highest BCUT2D eigenvalue weighted by Crippen LogP contribution is 1.87. The Hall–Kier alpha value is -0.610. The van der Waals surface area contributed by atoms with E-state index in [-0.39, 0.29) is 12.0 Å². The maximum atomic E-state index is 11.2. The van der Waals surface area contributed by atoms with Gasteiger partial charge in [0.2, 0.25) is 5.91 Å². The molecular formula is C9H20N2O2. The summed E-state index contributed by atoms with van der Waals surface area (Å²) in [6.45, 7) is 3.44. The van der Waals surface area contributed by atoms with Crippen LogP contribution in [-0.4, -0.2) is 51.2 Å². The van der Waals surface area contributed by atoms with Crippen molar-refractivity contribution in [3.8, 4) is 0 Å². The number of hydrogen-bond donors (Lipinski definition) is 1. The molecule has 4 heteroatoms. The molecule has 0 aromatic rings. The van der Waals surface area contributed by atoms with Gasteiger partial charge in [0.05, 0.1) is 0 Å². The predicted molar refractivity (Wildman–Crippen MR) is 52.7 cm³/mol. The van der Waals surface area contributed by atoms with Crippen LogP contribution >= 0.6 is 0 Å². The summed E-state index contributed by atoms with van der Waals surface area (Å²) in [5, 5.41) is 2.80. The minimum atomic E-state index is -0.348. The quantitative estimate of drug-likeness (QED) is 0.601. The van der Waals surface area contributed by atoms with Crippen LogP contribution in [0.15, 0.2) is 0 Å². The summed E-state index contributed by atoms with van der Waals surface area (Å²) in [6.07, 6.45) is 0.620. The minimum Gasteiger partial charge on any atom is -0.372 e. The smallest absolute Gasteiger partial charge is 0.248 e. The van der Waals surface area contributed by atoms with Crippen molar-refractivity contribution in [2.24, 2.45) is 0 Å². The number of carbonyl (C=O) groups is 1. The molecule has 1 atom stereocenters. The lowest BCUT2D eigenvalue weighted by atomic mass is 10.3. The van der Waals surface area contributed by atoms with Gasteiger partial charge in [-0.05, 0) is 34.0 Å². The van der Waals surface area contributed by atoms with Gasteiger partial charge in [0.15, 0.2) is 0 Å². The molecule has 0 saturated carbocycles. The lowest BCUT2D eigenvalue weighted by molar-refractivity contribution is -0.130. The normalized spacial score (nSPS) is 13.0. The zero-order chi connectivity index (χ0) is 10.3. The number of nitrogens with one attached hydrogen (secondary N) is 1. The van der Waals surface area contributed by atoms with Gasteiger partial charge in [0.25, 0.3) is 0 Å². The van der Waals surface area contributed by atoms with E-state index in [1.807, 2.05) is 14.1 Å². The van der Waals surface area contributed by atoms with E-state index in [4.69, 9.17) is 4.74 Å². The average molecular weight is 188 g/mol. The average Bonchev–Trinajstić information content (AvgIpc) is 2.10. The van der Waals surface area contributed by atoms with E-state index in [1.165, 1.54) is 7.11 Å². The van der Waals surface area contributed by atoms with E-state index in [9.17, 15) is 4.79 Å². The largest absolute Gasteiger partial charge is 0.372 e. The number of hydrogen-bond acceptors (Lipinski definition) is 3. The number of ether oxygens (including phenoxy) is 1. The van der Waals surface area contributed by atoms with Gasteiger partial charge in [-0.15, -0.1) is 0 Å². The molecular weight excluding hydrogens is 168 g/mol. The zero-order valence-corrected chi connectivity index (χ0v) is 8.96. The first-order valence-corrected chi connectivity index (χ1v) is 4.53. The van der Waals surface area contributed by atoms with Crippen molar-refractivity contribution in [2.75, 3.05) is 34.3 Å². The second kappa shape index (κ2) is 6.86. The van der Waals surface area contributed by atoms with Gasteiger partial charge in [-0.25, -0.2) is 0 Å². The summed E-state index contributed by atoms with van der Waals surface area (Å²) in [6, 6.07) is 0. The molecule has 1 unspecified atom stereocenters. The van der Waals surface area contributed by atoms with Crippen molar-refractivity contribution in [1.29, 1.82) is 0 Å². The second-order valence-electron chi connectivity index (χ2n) is 3.33. The standard InChI is InChI=1S/C9H20N2O2/c1-8(13-4)9(12)10-6-5-7-11(2)3/h8H,5-7H2,1-4H3,(H,10,12). The Balaban J connectivity index is 3.37. The van der Waals surface area contributed by atoms with Crippen molar-refractivity contribution in [2.45, 2.75) is 19.4 Å². The van der Waals surface area contributed by atoms with Gasteiger partial charge >= 0.3 is 0 Å². The Kier molecular flexibility index (Phi) is 6.54. The van der Waals surface area contributed by atoms with Crippen LogP contribution in [-0.2, 0) is 9.53 Å². The Labute approximate surface area is 80.2 Å². The first-order valence-electron chi connectivity index (χ1n) is 4.53. The first kappa shape index (κ1) is 12.4. The molecule has 0 bridgehead atoms. The molecule has 0 radical (unpaired) electrons. The Morgan fingerprint density at radius 3 is 2.62 bits per heavy atom. The Bertz CT molecular complexity index is 149. The van der Waals surface area contributed by atoms with Crippen LogP contribution in [0.4, 0.5) is 0 Å². The molecule has 4 nitrogen and oxygen atoms in total. The molecule has 0 heterocycles. The number of carbonyl (C=O) groups excluding carboxylic acids is 1. The fourth-order valence-corrected chi connectivity index (χ4v) is 0.858. The SMILES string of the molecule is COC(C)C(=O)NCCCN(C)C. The maximum absolute atomic E-state index is 11.2. The third-order valence-corrected chi connectivity index (χ3v) is 1.80. The van der Waals surface area contributed by atoms with Crippen LogP contribution in [0.3, 0.4) is 0 Å². The van der Waals surface area contributed by atoms with Crippen molar-refractivity contribution in [1.82, 2.24) is 10.2 Å². The molecule has 0 aromatic heterocycles. The van der Waals surface area contributed by atoms with Gasteiger partial charge < -0.3 is 15.0 Å². The van der Waals surface area contributed by atoms with Crippen LogP contribution in [0.5, 0.6) is 0 Å². The molecule has 0 saturated heterocycles. The molecule has 1 amide bonds. The van der Waals surface area contributed by atoms with E-state index >= 15 is 0 Å². The summed E-state index contributed by atoms with van der Waals surface area (Å²) in [4.78, 5) is 13.3.